The van der Waals surface area contributed by atoms with Gasteiger partial charge in [-0.3, -0.25) is 4.79 Å². The van der Waals surface area contributed by atoms with Crippen molar-refractivity contribution in [3.05, 3.63) is 23.3 Å². The highest BCUT2D eigenvalue weighted by Gasteiger charge is 2.12. The van der Waals surface area contributed by atoms with Gasteiger partial charge >= 0.3 is 0 Å². The lowest BCUT2D eigenvalue weighted by Crippen LogP contribution is -2.14. The number of nitrogens with two attached hydrogens (primary N) is 1. The molecule has 0 spiro atoms. The zero-order valence-electron chi connectivity index (χ0n) is 6.46. The molecule has 60 valence electrons. The normalized spacial score (nSPS) is 16.1. The summed E-state index contributed by atoms with van der Waals surface area (Å²) < 4.78 is 4.89. The fourth-order valence-corrected chi connectivity index (χ4v) is 1.10. The number of allylic oxidation sites excluding steroid dienone is 1. The molecular formula is C8H11NO2. The molecule has 2 N–H and O–H groups in total. The predicted octanol–water partition coefficient (Wildman–Crippen LogP) is 0.375. The largest absolute Gasteiger partial charge is 0.380 e. The number of hydrogen-bond donors (Lipinski definition) is 1. The summed E-state index contributed by atoms with van der Waals surface area (Å²) in [5.41, 5.74) is 6.70. The lowest BCUT2D eigenvalue weighted by molar-refractivity contribution is -0.114. The number of ether oxygens (including phenoxy) is 1. The highest BCUT2D eigenvalue weighted by atomic mass is 16.5. The van der Waals surface area contributed by atoms with Gasteiger partial charge in [-0.25, -0.2) is 0 Å². The van der Waals surface area contributed by atoms with Crippen LogP contribution >= 0.6 is 0 Å². The Morgan fingerprint density at radius 2 is 2.55 bits per heavy atom. The Morgan fingerprint density at radius 1 is 1.82 bits per heavy atom. The number of primary amides is 1. The maximum atomic E-state index is 10.8. The molecule has 0 fully saturated rings. The molecule has 1 rings (SSSR count). The molecule has 0 aromatic heterocycles. The number of rotatable bonds is 3. The van der Waals surface area contributed by atoms with Crippen LogP contribution in [0.25, 0.3) is 0 Å². The van der Waals surface area contributed by atoms with E-state index in [1.165, 1.54) is 0 Å². The molecule has 0 bridgehead atoms. The Morgan fingerprint density at radius 3 is 3.09 bits per heavy atom. The second-order valence-corrected chi connectivity index (χ2v) is 2.41. The van der Waals surface area contributed by atoms with Gasteiger partial charge in [-0.1, -0.05) is 12.2 Å². The third kappa shape index (κ3) is 1.68. The van der Waals surface area contributed by atoms with E-state index < -0.39 is 0 Å². The Balaban J connectivity index is 2.75. The summed E-state index contributed by atoms with van der Waals surface area (Å²) in [7, 11) is 1.60. The van der Waals surface area contributed by atoms with Crippen molar-refractivity contribution in [3.8, 4) is 0 Å². The topological polar surface area (TPSA) is 52.3 Å². The molecule has 0 unspecified atom stereocenters. The van der Waals surface area contributed by atoms with E-state index in [0.29, 0.717) is 18.6 Å². The number of carbonyl (C=O) groups is 1. The van der Waals surface area contributed by atoms with Gasteiger partial charge in [0.1, 0.15) is 0 Å². The van der Waals surface area contributed by atoms with E-state index >= 15 is 0 Å². The van der Waals surface area contributed by atoms with Gasteiger partial charge in [-0.15, -0.1) is 0 Å². The van der Waals surface area contributed by atoms with Gasteiger partial charge in [0.15, 0.2) is 0 Å². The van der Waals surface area contributed by atoms with E-state index in [4.69, 9.17) is 10.5 Å². The van der Waals surface area contributed by atoms with E-state index in [1.54, 1.807) is 7.11 Å². The minimum atomic E-state index is -0.345. The second kappa shape index (κ2) is 3.34. The zero-order chi connectivity index (χ0) is 8.27. The van der Waals surface area contributed by atoms with Crippen LogP contribution in [-0.4, -0.2) is 19.6 Å². The number of amides is 1. The highest BCUT2D eigenvalue weighted by molar-refractivity contribution is 5.94. The molecule has 0 saturated heterocycles. The number of carbonyl (C=O) groups excluding carboxylic acids is 1. The first kappa shape index (κ1) is 8.01. The third-order valence-corrected chi connectivity index (χ3v) is 1.63. The summed E-state index contributed by atoms with van der Waals surface area (Å²) in [6.45, 7) is 0.467. The quantitative estimate of drug-likeness (QED) is 0.637. The molecule has 0 aromatic rings. The molecule has 11 heavy (non-hydrogen) atoms. The van der Waals surface area contributed by atoms with Crippen LogP contribution < -0.4 is 5.73 Å². The van der Waals surface area contributed by atoms with Crippen molar-refractivity contribution in [1.82, 2.24) is 0 Å². The van der Waals surface area contributed by atoms with Crippen LogP contribution in [0.4, 0.5) is 0 Å². The van der Waals surface area contributed by atoms with Crippen LogP contribution in [0.2, 0.25) is 0 Å². The first-order valence-electron chi connectivity index (χ1n) is 3.43. The molecule has 0 atom stereocenters. The molecule has 3 heteroatoms. The highest BCUT2D eigenvalue weighted by Crippen LogP contribution is 2.18. The van der Waals surface area contributed by atoms with E-state index in [9.17, 15) is 4.79 Å². The summed E-state index contributed by atoms with van der Waals surface area (Å²) in [4.78, 5) is 10.8. The molecule has 1 aliphatic rings. The number of hydrogen-bond acceptors (Lipinski definition) is 2. The third-order valence-electron chi connectivity index (χ3n) is 1.63. The van der Waals surface area contributed by atoms with Crippen molar-refractivity contribution in [2.24, 2.45) is 5.73 Å². The summed E-state index contributed by atoms with van der Waals surface area (Å²) in [6.07, 6.45) is 4.44. The van der Waals surface area contributed by atoms with Crippen LogP contribution in [0, 0.1) is 0 Å². The van der Waals surface area contributed by atoms with Gasteiger partial charge in [0.25, 0.3) is 0 Å². The maximum absolute atomic E-state index is 10.8. The Kier molecular flexibility index (Phi) is 2.44. The summed E-state index contributed by atoms with van der Waals surface area (Å²) >= 11 is 0. The molecule has 0 aliphatic heterocycles. The lowest BCUT2D eigenvalue weighted by Gasteiger charge is -2.00. The van der Waals surface area contributed by atoms with Crippen LogP contribution in [0.3, 0.4) is 0 Å². The zero-order valence-corrected chi connectivity index (χ0v) is 6.46. The first-order chi connectivity index (χ1) is 5.25. The van der Waals surface area contributed by atoms with Crippen molar-refractivity contribution in [1.29, 1.82) is 0 Å². The molecule has 0 heterocycles. The Bertz CT molecular complexity index is 228. The van der Waals surface area contributed by atoms with Crippen molar-refractivity contribution < 1.29 is 9.53 Å². The van der Waals surface area contributed by atoms with Crippen LogP contribution in [0.1, 0.15) is 6.42 Å². The van der Waals surface area contributed by atoms with E-state index in [2.05, 4.69) is 0 Å². The van der Waals surface area contributed by atoms with Crippen molar-refractivity contribution in [3.63, 3.8) is 0 Å². The van der Waals surface area contributed by atoms with Gasteiger partial charge < -0.3 is 10.5 Å². The SMILES string of the molecule is COCC1=C(C(N)=O)CC=C1. The molecule has 3 nitrogen and oxygen atoms in total. The van der Waals surface area contributed by atoms with Crippen molar-refractivity contribution in [2.75, 3.05) is 13.7 Å². The molecular weight excluding hydrogens is 142 g/mol. The summed E-state index contributed by atoms with van der Waals surface area (Å²) in [5.74, 6) is -0.345. The smallest absolute Gasteiger partial charge is 0.245 e. The number of methoxy groups -OCH3 is 1. The molecule has 0 aromatic carbocycles. The van der Waals surface area contributed by atoms with Crippen LogP contribution in [0.5, 0.6) is 0 Å². The lowest BCUT2D eigenvalue weighted by atomic mass is 10.1. The minimum absolute atomic E-state index is 0.345. The Hall–Kier alpha value is -1.09. The average Bonchev–Trinajstić information content (AvgIpc) is 2.36. The predicted molar refractivity (Wildman–Crippen MR) is 41.9 cm³/mol. The fourth-order valence-electron chi connectivity index (χ4n) is 1.10. The molecule has 0 radical (unpaired) electrons. The second-order valence-electron chi connectivity index (χ2n) is 2.41. The standard InChI is InChI=1S/C8H11NO2/c1-11-5-6-3-2-4-7(6)8(9)10/h2-3H,4-5H2,1H3,(H2,9,10). The van der Waals surface area contributed by atoms with E-state index in [-0.39, 0.29) is 5.91 Å². The van der Waals surface area contributed by atoms with Crippen molar-refractivity contribution in [2.45, 2.75) is 6.42 Å². The van der Waals surface area contributed by atoms with Crippen molar-refractivity contribution >= 4 is 5.91 Å². The minimum Gasteiger partial charge on any atom is -0.380 e. The van der Waals surface area contributed by atoms with Crippen LogP contribution in [-0.2, 0) is 9.53 Å². The van der Waals surface area contributed by atoms with E-state index in [1.807, 2.05) is 12.2 Å². The van der Waals surface area contributed by atoms with Gasteiger partial charge in [0.2, 0.25) is 5.91 Å². The fraction of sp³-hybridized carbons (Fsp3) is 0.375. The van der Waals surface area contributed by atoms with Gasteiger partial charge in [-0.05, 0) is 12.0 Å². The maximum Gasteiger partial charge on any atom is 0.245 e. The summed E-state index contributed by atoms with van der Waals surface area (Å²) in [6, 6.07) is 0. The summed E-state index contributed by atoms with van der Waals surface area (Å²) in [5, 5.41) is 0. The monoisotopic (exact) mass is 153 g/mol. The molecule has 1 amide bonds. The van der Waals surface area contributed by atoms with Gasteiger partial charge in [0.05, 0.1) is 6.61 Å². The first-order valence-corrected chi connectivity index (χ1v) is 3.43. The Labute approximate surface area is 65.5 Å². The molecule has 1 aliphatic carbocycles. The average molecular weight is 153 g/mol. The molecule has 0 saturated carbocycles. The van der Waals surface area contributed by atoms with Gasteiger partial charge in [-0.2, -0.15) is 0 Å². The van der Waals surface area contributed by atoms with Gasteiger partial charge in [0, 0.05) is 12.7 Å². The van der Waals surface area contributed by atoms with E-state index in [0.717, 1.165) is 5.57 Å². The van der Waals surface area contributed by atoms with Crippen LogP contribution in [0.15, 0.2) is 23.3 Å².